The van der Waals surface area contributed by atoms with Crippen LogP contribution >= 0.6 is 11.8 Å². The first-order valence-corrected chi connectivity index (χ1v) is 10.1. The molecule has 23 heavy (non-hydrogen) atoms. The molecule has 2 aliphatic heterocycles. The fourth-order valence-electron chi connectivity index (χ4n) is 4.03. The predicted octanol–water partition coefficient (Wildman–Crippen LogP) is 4.49. The minimum Gasteiger partial charge on any atom is -0.306 e. The van der Waals surface area contributed by atoms with E-state index in [1.165, 1.54) is 62.3 Å². The lowest BCUT2D eigenvalue weighted by atomic mass is 9.71. The third kappa shape index (κ3) is 4.74. The van der Waals surface area contributed by atoms with Gasteiger partial charge in [-0.3, -0.25) is 4.90 Å². The number of likely N-dealkylation sites (tertiary alicyclic amines) is 2. The molecule has 2 saturated heterocycles. The summed E-state index contributed by atoms with van der Waals surface area (Å²) in [7, 11) is 2.27. The lowest BCUT2D eigenvalue weighted by Crippen LogP contribution is -2.45. The van der Waals surface area contributed by atoms with Gasteiger partial charge in [-0.05, 0) is 82.0 Å². The van der Waals surface area contributed by atoms with E-state index in [1.807, 2.05) is 11.8 Å². The average molecular weight is 333 g/mol. The molecule has 0 saturated carbocycles. The molecular formula is C20H32N2S. The van der Waals surface area contributed by atoms with Gasteiger partial charge >= 0.3 is 0 Å². The number of hydrogen-bond acceptors (Lipinski definition) is 3. The average Bonchev–Trinajstić information content (AvgIpc) is 2.53. The smallest absolute Gasteiger partial charge is 0.0234 e. The van der Waals surface area contributed by atoms with Gasteiger partial charge in [0, 0.05) is 16.7 Å². The minimum absolute atomic E-state index is 0.657. The molecule has 0 N–H and O–H groups in total. The first-order chi connectivity index (χ1) is 11.0. The Bertz CT molecular complexity index is 496. The molecule has 1 aromatic rings. The normalized spacial score (nSPS) is 22.8. The van der Waals surface area contributed by atoms with Crippen LogP contribution in [0.2, 0.25) is 0 Å². The van der Waals surface area contributed by atoms with Gasteiger partial charge in [-0.1, -0.05) is 26.0 Å². The third-order valence-corrected chi connectivity index (χ3v) is 6.64. The number of thioether (sulfide) groups is 1. The fraction of sp³-hybridized carbons (Fsp3) is 0.700. The molecule has 0 amide bonds. The molecule has 0 aliphatic carbocycles. The molecule has 1 spiro atoms. The highest BCUT2D eigenvalue weighted by Gasteiger charge is 2.36. The maximum atomic E-state index is 2.67. The zero-order valence-corrected chi connectivity index (χ0v) is 15.9. The molecule has 128 valence electrons. The molecular weight excluding hydrogens is 300 g/mol. The van der Waals surface area contributed by atoms with E-state index >= 15 is 0 Å². The quantitative estimate of drug-likeness (QED) is 0.750. The molecule has 3 rings (SSSR count). The van der Waals surface area contributed by atoms with Crippen molar-refractivity contribution in [2.75, 3.05) is 33.2 Å². The molecule has 2 heterocycles. The Morgan fingerprint density at radius 1 is 1.04 bits per heavy atom. The number of rotatable bonds is 4. The van der Waals surface area contributed by atoms with Crippen LogP contribution in [0.25, 0.3) is 0 Å². The van der Waals surface area contributed by atoms with E-state index in [2.05, 4.69) is 55.0 Å². The molecule has 1 aromatic carbocycles. The number of piperidine rings is 2. The Morgan fingerprint density at radius 2 is 1.70 bits per heavy atom. The molecule has 0 aromatic heterocycles. The van der Waals surface area contributed by atoms with Crippen molar-refractivity contribution in [2.24, 2.45) is 5.41 Å². The Hall–Kier alpha value is -0.510. The van der Waals surface area contributed by atoms with E-state index in [4.69, 9.17) is 0 Å². The van der Waals surface area contributed by atoms with Crippen LogP contribution in [0.15, 0.2) is 29.2 Å². The second kappa shape index (κ2) is 7.58. The van der Waals surface area contributed by atoms with Crippen molar-refractivity contribution in [3.05, 3.63) is 29.8 Å². The van der Waals surface area contributed by atoms with E-state index in [9.17, 15) is 0 Å². The van der Waals surface area contributed by atoms with Gasteiger partial charge in [-0.25, -0.2) is 0 Å². The van der Waals surface area contributed by atoms with Gasteiger partial charge in [0.25, 0.3) is 0 Å². The van der Waals surface area contributed by atoms with E-state index in [-0.39, 0.29) is 0 Å². The van der Waals surface area contributed by atoms with Crippen molar-refractivity contribution in [3.8, 4) is 0 Å². The summed E-state index contributed by atoms with van der Waals surface area (Å²) in [5.74, 6) is 0. The monoisotopic (exact) mass is 332 g/mol. The molecule has 0 bridgehead atoms. The van der Waals surface area contributed by atoms with Crippen LogP contribution in [0, 0.1) is 5.41 Å². The Balaban J connectivity index is 1.52. The summed E-state index contributed by atoms with van der Waals surface area (Å²) in [5.41, 5.74) is 2.15. The second-order valence-electron chi connectivity index (χ2n) is 7.89. The largest absolute Gasteiger partial charge is 0.306 e. The first kappa shape index (κ1) is 17.3. The summed E-state index contributed by atoms with van der Waals surface area (Å²) in [6, 6.07) is 9.16. The molecule has 2 nitrogen and oxygen atoms in total. The zero-order valence-electron chi connectivity index (χ0n) is 15.1. The summed E-state index contributed by atoms with van der Waals surface area (Å²) in [4.78, 5) is 6.58. The van der Waals surface area contributed by atoms with Crippen molar-refractivity contribution < 1.29 is 0 Å². The first-order valence-electron chi connectivity index (χ1n) is 9.21. The SMILES string of the molecule is CC(C)Sc1cccc(CN2CCC3(CCN(C)CC3)CC2)c1. The van der Waals surface area contributed by atoms with Gasteiger partial charge in [0.1, 0.15) is 0 Å². The van der Waals surface area contributed by atoms with Crippen molar-refractivity contribution in [1.82, 2.24) is 9.80 Å². The fourth-order valence-corrected chi connectivity index (χ4v) is 4.95. The van der Waals surface area contributed by atoms with Crippen LogP contribution < -0.4 is 0 Å². The van der Waals surface area contributed by atoms with E-state index < -0.39 is 0 Å². The van der Waals surface area contributed by atoms with Crippen LogP contribution in [0.3, 0.4) is 0 Å². The number of nitrogens with zero attached hydrogens (tertiary/aromatic N) is 2. The molecule has 2 fully saturated rings. The van der Waals surface area contributed by atoms with Gasteiger partial charge in [0.05, 0.1) is 0 Å². The summed E-state index contributed by atoms with van der Waals surface area (Å²) < 4.78 is 0. The molecule has 0 atom stereocenters. The van der Waals surface area contributed by atoms with E-state index in [1.54, 1.807) is 0 Å². The predicted molar refractivity (Wildman–Crippen MR) is 101 cm³/mol. The number of benzene rings is 1. The summed E-state index contributed by atoms with van der Waals surface area (Å²) >= 11 is 1.97. The van der Waals surface area contributed by atoms with Gasteiger partial charge in [0.2, 0.25) is 0 Å². The molecule has 0 unspecified atom stereocenters. The third-order valence-electron chi connectivity index (χ3n) is 5.64. The molecule has 0 radical (unpaired) electrons. The van der Waals surface area contributed by atoms with Gasteiger partial charge in [0.15, 0.2) is 0 Å². The topological polar surface area (TPSA) is 6.48 Å². The zero-order chi connectivity index (χ0) is 16.3. The van der Waals surface area contributed by atoms with Crippen LogP contribution in [-0.4, -0.2) is 48.3 Å². The standard InChI is InChI=1S/C20H32N2S/c1-17(2)23-19-6-4-5-18(15-19)16-22-13-9-20(10-14-22)7-11-21(3)12-8-20/h4-6,15,17H,7-14,16H2,1-3H3. The van der Waals surface area contributed by atoms with E-state index in [0.717, 1.165) is 6.54 Å². The molecule has 2 aliphatic rings. The maximum Gasteiger partial charge on any atom is 0.0234 e. The highest BCUT2D eigenvalue weighted by Crippen LogP contribution is 2.41. The Labute approximate surface area is 146 Å². The Morgan fingerprint density at radius 3 is 2.35 bits per heavy atom. The lowest BCUT2D eigenvalue weighted by molar-refractivity contribution is 0.0400. The lowest BCUT2D eigenvalue weighted by Gasteiger charge is -2.46. The maximum absolute atomic E-state index is 2.67. The van der Waals surface area contributed by atoms with Crippen molar-refractivity contribution in [1.29, 1.82) is 0 Å². The van der Waals surface area contributed by atoms with E-state index in [0.29, 0.717) is 10.7 Å². The minimum atomic E-state index is 0.657. The van der Waals surface area contributed by atoms with Crippen LogP contribution in [-0.2, 0) is 6.54 Å². The number of hydrogen-bond donors (Lipinski definition) is 0. The summed E-state index contributed by atoms with van der Waals surface area (Å²) in [5, 5.41) is 0.657. The van der Waals surface area contributed by atoms with Crippen molar-refractivity contribution in [3.63, 3.8) is 0 Å². The highest BCUT2D eigenvalue weighted by atomic mass is 32.2. The molecule has 3 heteroatoms. The van der Waals surface area contributed by atoms with Crippen LogP contribution in [0.4, 0.5) is 0 Å². The summed E-state index contributed by atoms with van der Waals surface area (Å²) in [6.07, 6.45) is 5.64. The van der Waals surface area contributed by atoms with Crippen LogP contribution in [0.1, 0.15) is 45.1 Å². The van der Waals surface area contributed by atoms with Gasteiger partial charge in [-0.15, -0.1) is 11.8 Å². The van der Waals surface area contributed by atoms with Crippen molar-refractivity contribution in [2.45, 2.75) is 56.2 Å². The summed E-state index contributed by atoms with van der Waals surface area (Å²) in [6.45, 7) is 10.8. The van der Waals surface area contributed by atoms with Crippen LogP contribution in [0.5, 0.6) is 0 Å². The van der Waals surface area contributed by atoms with Gasteiger partial charge in [-0.2, -0.15) is 0 Å². The van der Waals surface area contributed by atoms with Crippen molar-refractivity contribution >= 4 is 11.8 Å². The van der Waals surface area contributed by atoms with Gasteiger partial charge < -0.3 is 4.90 Å². The Kier molecular flexibility index (Phi) is 5.71. The highest BCUT2D eigenvalue weighted by molar-refractivity contribution is 7.99. The second-order valence-corrected chi connectivity index (χ2v) is 9.54.